The fraction of sp³-hybridized carbons (Fsp3) is 0.750. The number of rotatable bonds is 5. The molecular weight excluding hydrogens is 112 g/mol. The van der Waals surface area contributed by atoms with Gasteiger partial charge in [-0.3, -0.25) is 4.79 Å². The van der Waals surface area contributed by atoms with Crippen molar-refractivity contribution in [3.8, 4) is 0 Å². The minimum atomic E-state index is 0.281. The van der Waals surface area contributed by atoms with Crippen molar-refractivity contribution >= 4 is 5.78 Å². The third-order valence-electron chi connectivity index (χ3n) is 1.28. The van der Waals surface area contributed by atoms with E-state index in [1.54, 1.807) is 6.42 Å². The maximum Gasteiger partial charge on any atom is 0.136 e. The van der Waals surface area contributed by atoms with E-state index in [9.17, 15) is 4.79 Å². The number of ketones is 1. The highest BCUT2D eigenvalue weighted by atomic mass is 16.1. The van der Waals surface area contributed by atoms with Gasteiger partial charge in [0.1, 0.15) is 5.78 Å². The molecule has 0 heterocycles. The Morgan fingerprint density at radius 3 is 2.56 bits per heavy atom. The molecule has 0 bridgehead atoms. The molecule has 1 nitrogen and oxygen atoms in total. The van der Waals surface area contributed by atoms with Crippen molar-refractivity contribution in [2.45, 2.75) is 39.5 Å². The smallest absolute Gasteiger partial charge is 0.136 e. The lowest BCUT2D eigenvalue weighted by molar-refractivity contribution is -0.115. The van der Waals surface area contributed by atoms with E-state index in [-0.39, 0.29) is 5.78 Å². The Balaban J connectivity index is 2.97. The number of Topliss-reactive ketones (excluding diaryl/α,β-unsaturated/α-hetero) is 1. The summed E-state index contributed by atoms with van der Waals surface area (Å²) < 4.78 is 0. The molecule has 0 aromatic carbocycles. The summed E-state index contributed by atoms with van der Waals surface area (Å²) in [4.78, 5) is 10.6. The van der Waals surface area contributed by atoms with Gasteiger partial charge in [-0.1, -0.05) is 26.7 Å². The molecule has 0 aromatic heterocycles. The molecule has 0 spiro atoms. The van der Waals surface area contributed by atoms with Gasteiger partial charge in [0.2, 0.25) is 0 Å². The molecule has 0 saturated heterocycles. The third kappa shape index (κ3) is 5.54. The Labute approximate surface area is 57.5 Å². The Hall–Kier alpha value is -0.330. The quantitative estimate of drug-likeness (QED) is 0.518. The van der Waals surface area contributed by atoms with Gasteiger partial charge in [0.25, 0.3) is 0 Å². The highest BCUT2D eigenvalue weighted by Gasteiger charge is 1.95. The van der Waals surface area contributed by atoms with E-state index in [0.29, 0.717) is 6.42 Å². The van der Waals surface area contributed by atoms with Gasteiger partial charge in [0.15, 0.2) is 0 Å². The molecule has 0 amide bonds. The molecular formula is C8H15O. The van der Waals surface area contributed by atoms with Gasteiger partial charge in [-0.15, -0.1) is 0 Å². The summed E-state index contributed by atoms with van der Waals surface area (Å²) in [7, 11) is 0. The summed E-state index contributed by atoms with van der Waals surface area (Å²) in [6.45, 7) is 4.02. The van der Waals surface area contributed by atoms with Gasteiger partial charge < -0.3 is 0 Å². The standard InChI is InChI=1S/C8H15O/c1-3-5-6-7-8(9)4-2/h7H,3-6H2,1-2H3. The summed E-state index contributed by atoms with van der Waals surface area (Å²) in [5, 5.41) is 0. The van der Waals surface area contributed by atoms with E-state index in [4.69, 9.17) is 0 Å². The van der Waals surface area contributed by atoms with E-state index >= 15 is 0 Å². The van der Waals surface area contributed by atoms with Gasteiger partial charge in [0, 0.05) is 12.8 Å². The van der Waals surface area contributed by atoms with Crippen LogP contribution in [0.25, 0.3) is 0 Å². The van der Waals surface area contributed by atoms with Crippen molar-refractivity contribution in [1.82, 2.24) is 0 Å². The molecule has 1 radical (unpaired) electrons. The van der Waals surface area contributed by atoms with Crippen LogP contribution < -0.4 is 0 Å². The SMILES string of the molecule is CCCC[CH]C(=O)CC. The zero-order chi connectivity index (χ0) is 7.11. The van der Waals surface area contributed by atoms with Gasteiger partial charge in [0.05, 0.1) is 0 Å². The lowest BCUT2D eigenvalue weighted by Crippen LogP contribution is -1.94. The second-order valence-electron chi connectivity index (χ2n) is 2.17. The topological polar surface area (TPSA) is 17.1 Å². The van der Waals surface area contributed by atoms with E-state index in [1.807, 2.05) is 6.92 Å². The Morgan fingerprint density at radius 2 is 2.11 bits per heavy atom. The summed E-state index contributed by atoms with van der Waals surface area (Å²) in [6, 6.07) is 0. The zero-order valence-electron chi connectivity index (χ0n) is 6.31. The predicted molar refractivity (Wildman–Crippen MR) is 39.1 cm³/mol. The average molecular weight is 127 g/mol. The van der Waals surface area contributed by atoms with E-state index in [2.05, 4.69) is 6.92 Å². The third-order valence-corrected chi connectivity index (χ3v) is 1.28. The maximum absolute atomic E-state index is 10.6. The highest BCUT2D eigenvalue weighted by Crippen LogP contribution is 1.99. The lowest BCUT2D eigenvalue weighted by atomic mass is 10.1. The van der Waals surface area contributed by atoms with Crippen LogP contribution in [0.1, 0.15) is 39.5 Å². The van der Waals surface area contributed by atoms with Crippen LogP contribution in [0.15, 0.2) is 0 Å². The number of carbonyl (C=O) groups excluding carboxylic acids is 1. The second kappa shape index (κ2) is 5.80. The molecule has 0 atom stereocenters. The summed E-state index contributed by atoms with van der Waals surface area (Å²) in [5.41, 5.74) is 0. The van der Waals surface area contributed by atoms with Crippen molar-refractivity contribution < 1.29 is 4.79 Å². The lowest BCUT2D eigenvalue weighted by Gasteiger charge is -1.93. The monoisotopic (exact) mass is 127 g/mol. The first-order valence-electron chi connectivity index (χ1n) is 3.67. The molecule has 1 heteroatoms. The van der Waals surface area contributed by atoms with Crippen LogP contribution in [-0.4, -0.2) is 5.78 Å². The van der Waals surface area contributed by atoms with E-state index in [1.165, 1.54) is 6.42 Å². The molecule has 0 saturated carbocycles. The molecule has 53 valence electrons. The van der Waals surface area contributed by atoms with Crippen LogP contribution in [-0.2, 0) is 4.79 Å². The first-order chi connectivity index (χ1) is 4.31. The molecule has 0 aliphatic carbocycles. The predicted octanol–water partition coefficient (Wildman–Crippen LogP) is 2.36. The first kappa shape index (κ1) is 8.67. The summed E-state index contributed by atoms with van der Waals surface area (Å²) in [5.74, 6) is 0.281. The zero-order valence-corrected chi connectivity index (χ0v) is 6.31. The van der Waals surface area contributed by atoms with Crippen LogP contribution in [0.2, 0.25) is 0 Å². The van der Waals surface area contributed by atoms with Gasteiger partial charge >= 0.3 is 0 Å². The molecule has 0 fully saturated rings. The first-order valence-corrected chi connectivity index (χ1v) is 3.67. The van der Waals surface area contributed by atoms with Crippen molar-refractivity contribution in [2.75, 3.05) is 0 Å². The minimum absolute atomic E-state index is 0.281. The normalized spacial score (nSPS) is 9.56. The minimum Gasteiger partial charge on any atom is -0.299 e. The Bertz CT molecular complexity index is 76.6. The van der Waals surface area contributed by atoms with Crippen LogP contribution in [0.3, 0.4) is 0 Å². The second-order valence-corrected chi connectivity index (χ2v) is 2.17. The number of unbranched alkanes of at least 4 members (excludes halogenated alkanes) is 2. The highest BCUT2D eigenvalue weighted by molar-refractivity contribution is 5.86. The number of hydrogen-bond acceptors (Lipinski definition) is 1. The summed E-state index contributed by atoms with van der Waals surface area (Å²) >= 11 is 0. The van der Waals surface area contributed by atoms with Gasteiger partial charge in [-0.05, 0) is 6.42 Å². The Morgan fingerprint density at radius 1 is 1.44 bits per heavy atom. The molecule has 0 N–H and O–H groups in total. The van der Waals surface area contributed by atoms with E-state index < -0.39 is 0 Å². The van der Waals surface area contributed by atoms with Crippen molar-refractivity contribution in [3.63, 3.8) is 0 Å². The largest absolute Gasteiger partial charge is 0.299 e. The molecule has 0 aliphatic rings. The van der Waals surface area contributed by atoms with Crippen LogP contribution >= 0.6 is 0 Å². The van der Waals surface area contributed by atoms with E-state index in [0.717, 1.165) is 12.8 Å². The molecule has 0 rings (SSSR count). The molecule has 0 aromatic rings. The maximum atomic E-state index is 10.6. The fourth-order valence-corrected chi connectivity index (χ4v) is 0.612. The summed E-state index contributed by atoms with van der Waals surface area (Å²) in [6.07, 6.45) is 5.73. The molecule has 9 heavy (non-hydrogen) atoms. The average Bonchev–Trinajstić information content (AvgIpc) is 1.89. The number of hydrogen-bond donors (Lipinski definition) is 0. The van der Waals surface area contributed by atoms with Crippen molar-refractivity contribution in [2.24, 2.45) is 0 Å². The Kier molecular flexibility index (Phi) is 5.59. The van der Waals surface area contributed by atoms with Crippen molar-refractivity contribution in [3.05, 3.63) is 6.42 Å². The van der Waals surface area contributed by atoms with Crippen LogP contribution in [0.4, 0.5) is 0 Å². The van der Waals surface area contributed by atoms with Crippen LogP contribution in [0, 0.1) is 6.42 Å². The van der Waals surface area contributed by atoms with Gasteiger partial charge in [-0.2, -0.15) is 0 Å². The van der Waals surface area contributed by atoms with Crippen molar-refractivity contribution in [1.29, 1.82) is 0 Å². The van der Waals surface area contributed by atoms with Crippen LogP contribution in [0.5, 0.6) is 0 Å². The molecule has 0 aliphatic heterocycles. The van der Waals surface area contributed by atoms with Gasteiger partial charge in [-0.25, -0.2) is 0 Å². The number of carbonyl (C=O) groups is 1. The fourth-order valence-electron chi connectivity index (χ4n) is 0.612. The molecule has 0 unspecified atom stereocenters.